The molecule has 20 heavy (non-hydrogen) atoms. The van der Waals surface area contributed by atoms with Crippen molar-refractivity contribution < 1.29 is 19.1 Å². The molecule has 0 fully saturated rings. The first-order chi connectivity index (χ1) is 9.61. The van der Waals surface area contributed by atoms with Gasteiger partial charge in [0.2, 0.25) is 0 Å². The van der Waals surface area contributed by atoms with Gasteiger partial charge in [-0.3, -0.25) is 9.59 Å². The zero-order valence-corrected chi connectivity index (χ0v) is 10.5. The molecule has 3 N–H and O–H groups in total. The van der Waals surface area contributed by atoms with Crippen LogP contribution in [0.2, 0.25) is 0 Å². The summed E-state index contributed by atoms with van der Waals surface area (Å²) in [5.41, 5.74) is 0.602. The van der Waals surface area contributed by atoms with Gasteiger partial charge in [0.15, 0.2) is 6.29 Å². The lowest BCUT2D eigenvalue weighted by atomic mass is 10.1. The molecule has 1 heterocycles. The van der Waals surface area contributed by atoms with Crippen LogP contribution in [0.4, 0.5) is 4.39 Å². The van der Waals surface area contributed by atoms with Gasteiger partial charge in [0.25, 0.3) is 5.91 Å². The van der Waals surface area contributed by atoms with Crippen molar-refractivity contribution in [3.8, 4) is 0 Å². The second-order valence-corrected chi connectivity index (χ2v) is 4.19. The number of benzene rings is 1. The standard InChI is InChI=1S/C14H13FN2O3/c15-11-4-2-1-3-10(11)13(19)7-16-14(20)12-6-5-9(8-18)17-12/h1-6,8,13,17,19H,7H2,(H,16,20). The Labute approximate surface area is 114 Å². The van der Waals surface area contributed by atoms with Crippen LogP contribution in [0.3, 0.4) is 0 Å². The van der Waals surface area contributed by atoms with E-state index in [9.17, 15) is 19.1 Å². The summed E-state index contributed by atoms with van der Waals surface area (Å²) in [5, 5.41) is 12.3. The second-order valence-electron chi connectivity index (χ2n) is 4.19. The van der Waals surface area contributed by atoms with Gasteiger partial charge in [0.05, 0.1) is 11.8 Å². The normalized spacial score (nSPS) is 11.9. The molecule has 2 rings (SSSR count). The number of amides is 1. The summed E-state index contributed by atoms with van der Waals surface area (Å²) in [6, 6.07) is 8.73. The first-order valence-corrected chi connectivity index (χ1v) is 5.96. The maximum Gasteiger partial charge on any atom is 0.267 e. The van der Waals surface area contributed by atoms with Crippen LogP contribution >= 0.6 is 0 Å². The number of aromatic nitrogens is 1. The molecule has 1 aromatic heterocycles. The molecule has 104 valence electrons. The molecule has 0 aliphatic rings. The van der Waals surface area contributed by atoms with Crippen molar-refractivity contribution in [3.63, 3.8) is 0 Å². The van der Waals surface area contributed by atoms with Gasteiger partial charge in [-0.05, 0) is 18.2 Å². The van der Waals surface area contributed by atoms with E-state index in [-0.39, 0.29) is 23.5 Å². The van der Waals surface area contributed by atoms with Crippen molar-refractivity contribution in [2.24, 2.45) is 0 Å². The minimum Gasteiger partial charge on any atom is -0.386 e. The third kappa shape index (κ3) is 3.10. The minimum absolute atomic E-state index is 0.118. The van der Waals surface area contributed by atoms with Crippen molar-refractivity contribution in [2.75, 3.05) is 6.54 Å². The quantitative estimate of drug-likeness (QED) is 0.722. The Morgan fingerprint density at radius 2 is 2.10 bits per heavy atom. The van der Waals surface area contributed by atoms with Crippen LogP contribution in [-0.4, -0.2) is 28.8 Å². The van der Waals surface area contributed by atoms with Crippen LogP contribution in [0.1, 0.15) is 32.6 Å². The Morgan fingerprint density at radius 1 is 1.35 bits per heavy atom. The smallest absolute Gasteiger partial charge is 0.267 e. The van der Waals surface area contributed by atoms with Crippen molar-refractivity contribution in [3.05, 3.63) is 59.2 Å². The van der Waals surface area contributed by atoms with E-state index in [0.29, 0.717) is 6.29 Å². The number of aromatic amines is 1. The van der Waals surface area contributed by atoms with Crippen molar-refractivity contribution in [1.29, 1.82) is 0 Å². The number of carbonyl (C=O) groups is 2. The lowest BCUT2D eigenvalue weighted by Crippen LogP contribution is -2.29. The molecule has 0 saturated carbocycles. The molecular weight excluding hydrogens is 263 g/mol. The summed E-state index contributed by atoms with van der Waals surface area (Å²) in [7, 11) is 0. The van der Waals surface area contributed by atoms with Crippen LogP contribution in [-0.2, 0) is 0 Å². The number of hydrogen-bond acceptors (Lipinski definition) is 3. The lowest BCUT2D eigenvalue weighted by molar-refractivity contribution is 0.0909. The fourth-order valence-electron chi connectivity index (χ4n) is 1.75. The summed E-state index contributed by atoms with van der Waals surface area (Å²) in [4.78, 5) is 24.8. The first kappa shape index (κ1) is 14.0. The minimum atomic E-state index is -1.14. The highest BCUT2D eigenvalue weighted by Gasteiger charge is 2.14. The molecule has 0 spiro atoms. The van der Waals surface area contributed by atoms with E-state index in [0.717, 1.165) is 0 Å². The van der Waals surface area contributed by atoms with Crippen molar-refractivity contribution in [1.82, 2.24) is 10.3 Å². The molecule has 0 aliphatic heterocycles. The molecule has 1 amide bonds. The van der Waals surface area contributed by atoms with Gasteiger partial charge < -0.3 is 15.4 Å². The van der Waals surface area contributed by atoms with E-state index in [4.69, 9.17) is 0 Å². The molecule has 1 atom stereocenters. The molecule has 1 aromatic carbocycles. The second kappa shape index (κ2) is 6.12. The van der Waals surface area contributed by atoms with Gasteiger partial charge >= 0.3 is 0 Å². The maximum atomic E-state index is 13.4. The average molecular weight is 276 g/mol. The number of H-pyrrole nitrogens is 1. The molecule has 5 nitrogen and oxygen atoms in total. The number of hydrogen-bond donors (Lipinski definition) is 3. The fraction of sp³-hybridized carbons (Fsp3) is 0.143. The van der Waals surface area contributed by atoms with Gasteiger partial charge in [-0.15, -0.1) is 0 Å². The number of aliphatic hydroxyl groups is 1. The van der Waals surface area contributed by atoms with Gasteiger partial charge in [-0.2, -0.15) is 0 Å². The summed E-state index contributed by atoms with van der Waals surface area (Å²) in [6.45, 7) is -0.130. The Hall–Kier alpha value is -2.47. The van der Waals surface area contributed by atoms with E-state index >= 15 is 0 Å². The number of nitrogens with one attached hydrogen (secondary N) is 2. The van der Waals surface area contributed by atoms with E-state index in [1.165, 1.54) is 30.3 Å². The van der Waals surface area contributed by atoms with Crippen LogP contribution in [0.5, 0.6) is 0 Å². The molecule has 2 aromatic rings. The Bertz CT molecular complexity index is 624. The van der Waals surface area contributed by atoms with Crippen LogP contribution in [0.15, 0.2) is 36.4 Å². The van der Waals surface area contributed by atoms with Gasteiger partial charge in [-0.25, -0.2) is 4.39 Å². The third-order valence-electron chi connectivity index (χ3n) is 2.80. The Morgan fingerprint density at radius 3 is 2.75 bits per heavy atom. The van der Waals surface area contributed by atoms with Crippen LogP contribution < -0.4 is 5.32 Å². The largest absolute Gasteiger partial charge is 0.386 e. The zero-order chi connectivity index (χ0) is 14.5. The number of carbonyl (C=O) groups excluding carboxylic acids is 2. The SMILES string of the molecule is O=Cc1ccc(C(=O)NCC(O)c2ccccc2F)[nH]1. The maximum absolute atomic E-state index is 13.4. The van der Waals surface area contributed by atoms with E-state index in [1.54, 1.807) is 6.07 Å². The number of halogens is 1. The van der Waals surface area contributed by atoms with Crippen LogP contribution in [0, 0.1) is 5.82 Å². The first-order valence-electron chi connectivity index (χ1n) is 5.96. The van der Waals surface area contributed by atoms with E-state index in [2.05, 4.69) is 10.3 Å². The highest BCUT2D eigenvalue weighted by molar-refractivity contribution is 5.93. The molecule has 0 radical (unpaired) electrons. The monoisotopic (exact) mass is 276 g/mol. The average Bonchev–Trinajstić information content (AvgIpc) is 2.94. The predicted molar refractivity (Wildman–Crippen MR) is 69.9 cm³/mol. The third-order valence-corrected chi connectivity index (χ3v) is 2.80. The van der Waals surface area contributed by atoms with Crippen LogP contribution in [0.25, 0.3) is 0 Å². The topological polar surface area (TPSA) is 82.2 Å². The fourth-order valence-corrected chi connectivity index (χ4v) is 1.75. The lowest BCUT2D eigenvalue weighted by Gasteiger charge is -2.12. The zero-order valence-electron chi connectivity index (χ0n) is 10.5. The Kier molecular flexibility index (Phi) is 4.27. The van der Waals surface area contributed by atoms with Gasteiger partial charge in [-0.1, -0.05) is 18.2 Å². The highest BCUT2D eigenvalue weighted by atomic mass is 19.1. The van der Waals surface area contributed by atoms with E-state index < -0.39 is 17.8 Å². The van der Waals surface area contributed by atoms with Crippen molar-refractivity contribution >= 4 is 12.2 Å². The number of aliphatic hydroxyl groups excluding tert-OH is 1. The molecule has 0 aliphatic carbocycles. The number of aldehydes is 1. The van der Waals surface area contributed by atoms with Gasteiger partial charge in [0.1, 0.15) is 11.5 Å². The van der Waals surface area contributed by atoms with Crippen molar-refractivity contribution in [2.45, 2.75) is 6.10 Å². The molecule has 0 bridgehead atoms. The Balaban J connectivity index is 1.96. The number of rotatable bonds is 5. The highest BCUT2D eigenvalue weighted by Crippen LogP contribution is 2.15. The molecular formula is C14H13FN2O3. The molecule has 1 unspecified atom stereocenters. The predicted octanol–water partition coefficient (Wildman–Crippen LogP) is 1.43. The van der Waals surface area contributed by atoms with Gasteiger partial charge in [0, 0.05) is 12.1 Å². The summed E-state index contributed by atoms with van der Waals surface area (Å²) in [6.07, 6.45) is -0.550. The molecule has 6 heteroatoms. The summed E-state index contributed by atoms with van der Waals surface area (Å²) >= 11 is 0. The summed E-state index contributed by atoms with van der Waals surface area (Å²) in [5.74, 6) is -1.01. The molecule has 0 saturated heterocycles. The summed E-state index contributed by atoms with van der Waals surface area (Å²) < 4.78 is 13.4. The van der Waals surface area contributed by atoms with E-state index in [1.807, 2.05) is 0 Å².